The van der Waals surface area contributed by atoms with Gasteiger partial charge in [0.2, 0.25) is 5.91 Å². The minimum Gasteiger partial charge on any atom is -0.481 e. The number of aliphatic carboxylic acids is 1. The molecule has 0 aromatic heterocycles. The molecule has 0 radical (unpaired) electrons. The highest BCUT2D eigenvalue weighted by molar-refractivity contribution is 5.95. The Kier molecular flexibility index (Phi) is 4.04. The summed E-state index contributed by atoms with van der Waals surface area (Å²) in [5, 5.41) is 13.9. The number of hydrogen-bond donors (Lipinski definition) is 3. The van der Waals surface area contributed by atoms with Crippen molar-refractivity contribution in [3.8, 4) is 0 Å². The van der Waals surface area contributed by atoms with Crippen LogP contribution in [0.4, 0.5) is 4.79 Å². The summed E-state index contributed by atoms with van der Waals surface area (Å²) in [5.74, 6) is -1.66. The smallest absolute Gasteiger partial charge is 0.321 e. The fourth-order valence-corrected chi connectivity index (χ4v) is 2.36. The maximum Gasteiger partial charge on any atom is 0.321 e. The second-order valence-electron chi connectivity index (χ2n) is 5.24. The molecule has 3 N–H and O–H groups in total. The maximum absolute atomic E-state index is 11.7. The summed E-state index contributed by atoms with van der Waals surface area (Å²) in [7, 11) is 0. The van der Waals surface area contributed by atoms with E-state index in [-0.39, 0.29) is 18.6 Å². The highest BCUT2D eigenvalue weighted by atomic mass is 16.4. The SMILES string of the molecule is CC1C(C(=O)O)CCN1CC(=O)NC(=O)NC1CC1. The highest BCUT2D eigenvalue weighted by Crippen LogP contribution is 2.23. The van der Waals surface area contributed by atoms with Gasteiger partial charge < -0.3 is 10.4 Å². The Morgan fingerprint density at radius 2 is 1.95 bits per heavy atom. The first-order valence-corrected chi connectivity index (χ1v) is 6.54. The van der Waals surface area contributed by atoms with E-state index in [0.717, 1.165) is 12.8 Å². The van der Waals surface area contributed by atoms with Crippen molar-refractivity contribution in [2.24, 2.45) is 5.92 Å². The monoisotopic (exact) mass is 269 g/mol. The molecular weight excluding hydrogens is 250 g/mol. The molecule has 1 saturated carbocycles. The van der Waals surface area contributed by atoms with Crippen LogP contribution in [0.25, 0.3) is 0 Å². The normalized spacial score (nSPS) is 27.0. The first-order chi connectivity index (χ1) is 8.97. The fourth-order valence-electron chi connectivity index (χ4n) is 2.36. The first kappa shape index (κ1) is 13.8. The molecule has 3 amide bonds. The van der Waals surface area contributed by atoms with Crippen LogP contribution >= 0.6 is 0 Å². The van der Waals surface area contributed by atoms with Crippen molar-refractivity contribution in [1.82, 2.24) is 15.5 Å². The number of hydrogen-bond acceptors (Lipinski definition) is 4. The van der Waals surface area contributed by atoms with E-state index < -0.39 is 23.8 Å². The van der Waals surface area contributed by atoms with Gasteiger partial charge in [0.25, 0.3) is 0 Å². The number of urea groups is 1. The number of carbonyl (C=O) groups is 3. The van der Waals surface area contributed by atoms with Crippen LogP contribution in [-0.2, 0) is 9.59 Å². The zero-order chi connectivity index (χ0) is 14.0. The number of carboxylic acid groups (broad SMARTS) is 1. The van der Waals surface area contributed by atoms with Crippen LogP contribution in [0.5, 0.6) is 0 Å². The Balaban J connectivity index is 1.75. The quantitative estimate of drug-likeness (QED) is 0.655. The number of carbonyl (C=O) groups excluding carboxylic acids is 2. The largest absolute Gasteiger partial charge is 0.481 e. The van der Waals surface area contributed by atoms with Crippen molar-refractivity contribution in [3.05, 3.63) is 0 Å². The summed E-state index contributed by atoms with van der Waals surface area (Å²) in [4.78, 5) is 35.8. The third-order valence-electron chi connectivity index (χ3n) is 3.72. The Hall–Kier alpha value is -1.63. The van der Waals surface area contributed by atoms with Crippen LogP contribution in [0.1, 0.15) is 26.2 Å². The molecular formula is C12H19N3O4. The van der Waals surface area contributed by atoms with E-state index in [1.54, 1.807) is 11.8 Å². The number of nitrogens with zero attached hydrogens (tertiary/aromatic N) is 1. The van der Waals surface area contributed by atoms with Gasteiger partial charge in [0.15, 0.2) is 0 Å². The van der Waals surface area contributed by atoms with E-state index in [4.69, 9.17) is 5.11 Å². The summed E-state index contributed by atoms with van der Waals surface area (Å²) < 4.78 is 0. The van der Waals surface area contributed by atoms with Crippen LogP contribution in [0, 0.1) is 5.92 Å². The standard InChI is InChI=1S/C12H19N3O4/c1-7-9(11(17)18)4-5-15(7)6-10(16)14-12(19)13-8-2-3-8/h7-9H,2-6H2,1H3,(H,17,18)(H2,13,14,16,19). The molecule has 19 heavy (non-hydrogen) atoms. The second-order valence-corrected chi connectivity index (χ2v) is 5.24. The third-order valence-corrected chi connectivity index (χ3v) is 3.72. The lowest BCUT2D eigenvalue weighted by Gasteiger charge is -2.22. The van der Waals surface area contributed by atoms with E-state index in [0.29, 0.717) is 13.0 Å². The number of likely N-dealkylation sites (tertiary alicyclic amines) is 1. The van der Waals surface area contributed by atoms with Crippen LogP contribution in [0.15, 0.2) is 0 Å². The first-order valence-electron chi connectivity index (χ1n) is 6.54. The average molecular weight is 269 g/mol. The van der Waals surface area contributed by atoms with E-state index in [2.05, 4.69) is 10.6 Å². The van der Waals surface area contributed by atoms with Crippen molar-refractivity contribution < 1.29 is 19.5 Å². The summed E-state index contributed by atoms with van der Waals surface area (Å²) in [6.45, 7) is 2.42. The zero-order valence-corrected chi connectivity index (χ0v) is 10.9. The molecule has 1 heterocycles. The fraction of sp³-hybridized carbons (Fsp3) is 0.750. The molecule has 0 bridgehead atoms. The summed E-state index contributed by atoms with van der Waals surface area (Å²) >= 11 is 0. The van der Waals surface area contributed by atoms with E-state index in [9.17, 15) is 14.4 Å². The van der Waals surface area contributed by atoms with Crippen molar-refractivity contribution >= 4 is 17.9 Å². The van der Waals surface area contributed by atoms with Gasteiger partial charge in [0.05, 0.1) is 12.5 Å². The topological polar surface area (TPSA) is 98.7 Å². The van der Waals surface area contributed by atoms with Crippen molar-refractivity contribution in [2.45, 2.75) is 38.3 Å². The van der Waals surface area contributed by atoms with Gasteiger partial charge in [-0.25, -0.2) is 4.79 Å². The van der Waals surface area contributed by atoms with Crippen molar-refractivity contribution in [2.75, 3.05) is 13.1 Å². The number of amides is 3. The van der Waals surface area contributed by atoms with Gasteiger partial charge in [0.1, 0.15) is 0 Å². The third kappa shape index (κ3) is 3.66. The average Bonchev–Trinajstić information content (AvgIpc) is 3.03. The van der Waals surface area contributed by atoms with Gasteiger partial charge >= 0.3 is 12.0 Å². The van der Waals surface area contributed by atoms with E-state index in [1.165, 1.54) is 0 Å². The molecule has 7 heteroatoms. The number of carboxylic acids is 1. The molecule has 1 aliphatic carbocycles. The van der Waals surface area contributed by atoms with Gasteiger partial charge in [0, 0.05) is 12.1 Å². The molecule has 7 nitrogen and oxygen atoms in total. The molecule has 1 aliphatic heterocycles. The lowest BCUT2D eigenvalue weighted by Crippen LogP contribution is -2.46. The molecule has 0 aromatic carbocycles. The van der Waals surface area contributed by atoms with Crippen molar-refractivity contribution in [1.29, 1.82) is 0 Å². The summed E-state index contributed by atoms with van der Waals surface area (Å²) in [5.41, 5.74) is 0. The van der Waals surface area contributed by atoms with E-state index in [1.807, 2.05) is 0 Å². The number of rotatable bonds is 4. The molecule has 1 saturated heterocycles. The lowest BCUT2D eigenvalue weighted by molar-refractivity contribution is -0.142. The van der Waals surface area contributed by atoms with Gasteiger partial charge in [-0.15, -0.1) is 0 Å². The summed E-state index contributed by atoms with van der Waals surface area (Å²) in [6, 6.07) is -0.446. The molecule has 106 valence electrons. The number of imide groups is 1. The number of nitrogens with one attached hydrogen (secondary N) is 2. The maximum atomic E-state index is 11.7. The van der Waals surface area contributed by atoms with Crippen LogP contribution in [-0.4, -0.2) is 53.1 Å². The minimum absolute atomic E-state index is 0.0586. The Morgan fingerprint density at radius 1 is 1.26 bits per heavy atom. The Labute approximate surface area is 111 Å². The van der Waals surface area contributed by atoms with E-state index >= 15 is 0 Å². The molecule has 2 fully saturated rings. The lowest BCUT2D eigenvalue weighted by atomic mass is 10.0. The zero-order valence-electron chi connectivity index (χ0n) is 10.9. The molecule has 2 aliphatic rings. The van der Waals surface area contributed by atoms with Crippen LogP contribution in [0.2, 0.25) is 0 Å². The molecule has 0 aromatic rings. The highest BCUT2D eigenvalue weighted by Gasteiger charge is 2.36. The predicted molar refractivity (Wildman–Crippen MR) is 66.5 cm³/mol. The molecule has 2 rings (SSSR count). The summed E-state index contributed by atoms with van der Waals surface area (Å²) in [6.07, 6.45) is 2.47. The van der Waals surface area contributed by atoms with Crippen LogP contribution < -0.4 is 10.6 Å². The Bertz CT molecular complexity index is 394. The second kappa shape index (κ2) is 5.56. The van der Waals surface area contributed by atoms with Gasteiger partial charge in [-0.05, 0) is 32.7 Å². The van der Waals surface area contributed by atoms with Gasteiger partial charge in [-0.3, -0.25) is 19.8 Å². The molecule has 2 unspecified atom stereocenters. The van der Waals surface area contributed by atoms with Gasteiger partial charge in [-0.2, -0.15) is 0 Å². The molecule has 0 spiro atoms. The van der Waals surface area contributed by atoms with Crippen LogP contribution in [0.3, 0.4) is 0 Å². The van der Waals surface area contributed by atoms with Crippen molar-refractivity contribution in [3.63, 3.8) is 0 Å². The Morgan fingerprint density at radius 3 is 2.47 bits per heavy atom. The minimum atomic E-state index is -0.832. The molecule has 2 atom stereocenters. The predicted octanol–water partition coefficient (Wildman–Crippen LogP) is -0.230. The van der Waals surface area contributed by atoms with Gasteiger partial charge in [-0.1, -0.05) is 0 Å².